The highest BCUT2D eigenvalue weighted by molar-refractivity contribution is 9.10. The molecule has 0 saturated carbocycles. The number of carbonyl (C=O) groups excluding carboxylic acids is 1. The number of anilines is 1. The molecule has 0 fully saturated rings. The molecule has 2 heterocycles. The molecule has 3 aromatic rings. The molecule has 2 N–H and O–H groups in total. The number of rotatable bonds is 4. The van der Waals surface area contributed by atoms with Crippen molar-refractivity contribution < 1.29 is 4.79 Å². The van der Waals surface area contributed by atoms with Crippen molar-refractivity contribution in [1.29, 1.82) is 0 Å². The molecule has 6 heteroatoms. The summed E-state index contributed by atoms with van der Waals surface area (Å²) in [6.07, 6.45) is 4.63. The number of nitrogens with zero attached hydrogens (tertiary/aromatic N) is 2. The lowest BCUT2D eigenvalue weighted by molar-refractivity contribution is 0.252. The van der Waals surface area contributed by atoms with Gasteiger partial charge in [-0.25, -0.2) is 9.78 Å². The van der Waals surface area contributed by atoms with Crippen LogP contribution in [0.4, 0.5) is 10.5 Å². The fourth-order valence-electron chi connectivity index (χ4n) is 2.35. The first kappa shape index (κ1) is 15.6. The molecule has 0 atom stereocenters. The smallest absolute Gasteiger partial charge is 0.319 e. The van der Waals surface area contributed by atoms with Crippen LogP contribution in [0.15, 0.2) is 53.3 Å². The first-order valence-electron chi connectivity index (χ1n) is 7.35. The van der Waals surface area contributed by atoms with Gasteiger partial charge < -0.3 is 15.0 Å². The molecule has 0 spiro atoms. The summed E-state index contributed by atoms with van der Waals surface area (Å²) in [5.41, 5.74) is 3.68. The van der Waals surface area contributed by atoms with Gasteiger partial charge in [0.25, 0.3) is 0 Å². The highest BCUT2D eigenvalue weighted by Crippen LogP contribution is 2.19. The van der Waals surface area contributed by atoms with Crippen LogP contribution < -0.4 is 10.6 Å². The average molecular weight is 373 g/mol. The summed E-state index contributed by atoms with van der Waals surface area (Å²) in [5.74, 6) is 0. The van der Waals surface area contributed by atoms with Crippen LogP contribution in [0.1, 0.15) is 11.3 Å². The Morgan fingerprint density at radius 2 is 2.17 bits per heavy atom. The molecule has 0 unspecified atom stereocenters. The molecule has 3 rings (SSSR count). The maximum absolute atomic E-state index is 12.0. The molecule has 118 valence electrons. The zero-order chi connectivity index (χ0) is 16.2. The number of imidazole rings is 1. The molecule has 0 aliphatic heterocycles. The van der Waals surface area contributed by atoms with Gasteiger partial charge in [0.1, 0.15) is 5.65 Å². The number of pyridine rings is 1. The standard InChI is InChI=1S/C17H17BrN4O/c1-12-10-13(18)5-6-15(12)21-17(23)19-8-7-14-11-22-9-3-2-4-16(22)20-14/h2-6,9-11H,7-8H2,1H3,(H2,19,21,23). The van der Waals surface area contributed by atoms with E-state index in [4.69, 9.17) is 0 Å². The number of carbonyl (C=O) groups is 1. The first-order valence-corrected chi connectivity index (χ1v) is 8.15. The van der Waals surface area contributed by atoms with Gasteiger partial charge in [0.15, 0.2) is 0 Å². The van der Waals surface area contributed by atoms with Crippen molar-refractivity contribution in [3.05, 3.63) is 64.5 Å². The van der Waals surface area contributed by atoms with E-state index in [0.29, 0.717) is 13.0 Å². The second-order valence-electron chi connectivity index (χ2n) is 5.29. The minimum absolute atomic E-state index is 0.209. The third kappa shape index (κ3) is 3.90. The van der Waals surface area contributed by atoms with E-state index in [-0.39, 0.29) is 6.03 Å². The van der Waals surface area contributed by atoms with Crippen LogP contribution in [0.2, 0.25) is 0 Å². The van der Waals surface area contributed by atoms with Gasteiger partial charge >= 0.3 is 6.03 Å². The summed E-state index contributed by atoms with van der Waals surface area (Å²) in [4.78, 5) is 16.5. The number of fused-ring (bicyclic) bond motifs is 1. The zero-order valence-electron chi connectivity index (χ0n) is 12.7. The van der Waals surface area contributed by atoms with Crippen LogP contribution in [0, 0.1) is 6.92 Å². The van der Waals surface area contributed by atoms with Crippen LogP contribution in [-0.2, 0) is 6.42 Å². The number of aromatic nitrogens is 2. The number of benzene rings is 1. The third-order valence-electron chi connectivity index (χ3n) is 3.52. The minimum atomic E-state index is -0.209. The second-order valence-corrected chi connectivity index (χ2v) is 6.20. The molecule has 2 amide bonds. The Morgan fingerprint density at radius 1 is 1.30 bits per heavy atom. The lowest BCUT2D eigenvalue weighted by Crippen LogP contribution is -2.30. The fraction of sp³-hybridized carbons (Fsp3) is 0.176. The molecule has 0 bridgehead atoms. The molecule has 1 aromatic carbocycles. The lowest BCUT2D eigenvalue weighted by atomic mass is 10.2. The van der Waals surface area contributed by atoms with Gasteiger partial charge in [0.2, 0.25) is 0 Å². The molecule has 0 saturated heterocycles. The van der Waals surface area contributed by atoms with Crippen LogP contribution in [0.5, 0.6) is 0 Å². The lowest BCUT2D eigenvalue weighted by Gasteiger charge is -2.09. The Hall–Kier alpha value is -2.34. The molecule has 2 aromatic heterocycles. The Balaban J connectivity index is 1.52. The molecule has 5 nitrogen and oxygen atoms in total. The van der Waals surface area contributed by atoms with Crippen molar-refractivity contribution in [1.82, 2.24) is 14.7 Å². The number of hydrogen-bond donors (Lipinski definition) is 2. The van der Waals surface area contributed by atoms with E-state index < -0.39 is 0 Å². The maximum atomic E-state index is 12.0. The highest BCUT2D eigenvalue weighted by Gasteiger charge is 2.05. The fourth-order valence-corrected chi connectivity index (χ4v) is 2.82. The Kier molecular flexibility index (Phi) is 4.62. The van der Waals surface area contributed by atoms with Crippen LogP contribution >= 0.6 is 15.9 Å². The number of hydrogen-bond acceptors (Lipinski definition) is 2. The summed E-state index contributed by atoms with van der Waals surface area (Å²) in [7, 11) is 0. The van der Waals surface area contributed by atoms with E-state index in [2.05, 4.69) is 31.5 Å². The quantitative estimate of drug-likeness (QED) is 0.732. The number of nitrogens with one attached hydrogen (secondary N) is 2. The molecule has 23 heavy (non-hydrogen) atoms. The zero-order valence-corrected chi connectivity index (χ0v) is 14.3. The number of amides is 2. The van der Waals surface area contributed by atoms with Gasteiger partial charge in [-0.05, 0) is 42.8 Å². The van der Waals surface area contributed by atoms with Crippen molar-refractivity contribution in [2.75, 3.05) is 11.9 Å². The van der Waals surface area contributed by atoms with Crippen LogP contribution in [0.25, 0.3) is 5.65 Å². The predicted molar refractivity (Wildman–Crippen MR) is 94.8 cm³/mol. The number of urea groups is 1. The van der Waals surface area contributed by atoms with Gasteiger partial charge in [-0.15, -0.1) is 0 Å². The molecular formula is C17H17BrN4O. The Labute approximate surface area is 142 Å². The SMILES string of the molecule is Cc1cc(Br)ccc1NC(=O)NCCc1cn2ccccc2n1. The normalized spacial score (nSPS) is 10.7. The number of halogens is 1. The van der Waals surface area contributed by atoms with E-state index in [1.54, 1.807) is 0 Å². The summed E-state index contributed by atoms with van der Waals surface area (Å²) < 4.78 is 2.97. The molecule has 0 radical (unpaired) electrons. The molecular weight excluding hydrogens is 356 g/mol. The van der Waals surface area contributed by atoms with Crippen molar-refractivity contribution in [2.45, 2.75) is 13.3 Å². The van der Waals surface area contributed by atoms with E-state index in [1.807, 2.05) is 60.1 Å². The van der Waals surface area contributed by atoms with Crippen molar-refractivity contribution in [3.63, 3.8) is 0 Å². The average Bonchev–Trinajstić information content (AvgIpc) is 2.93. The monoisotopic (exact) mass is 372 g/mol. The summed E-state index contributed by atoms with van der Waals surface area (Å²) in [5, 5.41) is 5.71. The Bertz CT molecular complexity index is 810. The van der Waals surface area contributed by atoms with Crippen molar-refractivity contribution >= 4 is 33.3 Å². The van der Waals surface area contributed by atoms with Gasteiger partial charge in [0, 0.05) is 35.5 Å². The molecule has 0 aliphatic carbocycles. The summed E-state index contributed by atoms with van der Waals surface area (Å²) in [6, 6.07) is 11.4. The van der Waals surface area contributed by atoms with Crippen LogP contribution in [-0.4, -0.2) is 22.0 Å². The predicted octanol–water partition coefficient (Wildman–Crippen LogP) is 3.77. The minimum Gasteiger partial charge on any atom is -0.337 e. The summed E-state index contributed by atoms with van der Waals surface area (Å²) >= 11 is 3.41. The third-order valence-corrected chi connectivity index (χ3v) is 4.01. The van der Waals surface area contributed by atoms with E-state index in [9.17, 15) is 4.79 Å². The van der Waals surface area contributed by atoms with Crippen molar-refractivity contribution in [3.8, 4) is 0 Å². The number of aryl methyl sites for hydroxylation is 1. The first-order chi connectivity index (χ1) is 11.1. The van der Waals surface area contributed by atoms with E-state index in [1.165, 1.54) is 0 Å². The van der Waals surface area contributed by atoms with E-state index >= 15 is 0 Å². The van der Waals surface area contributed by atoms with Gasteiger partial charge in [0.05, 0.1) is 5.69 Å². The Morgan fingerprint density at radius 3 is 2.96 bits per heavy atom. The van der Waals surface area contributed by atoms with Gasteiger partial charge in [-0.2, -0.15) is 0 Å². The van der Waals surface area contributed by atoms with Crippen molar-refractivity contribution in [2.24, 2.45) is 0 Å². The maximum Gasteiger partial charge on any atom is 0.319 e. The highest BCUT2D eigenvalue weighted by atomic mass is 79.9. The topological polar surface area (TPSA) is 58.4 Å². The van der Waals surface area contributed by atoms with E-state index in [0.717, 1.165) is 27.1 Å². The largest absolute Gasteiger partial charge is 0.337 e. The summed E-state index contributed by atoms with van der Waals surface area (Å²) in [6.45, 7) is 2.49. The van der Waals surface area contributed by atoms with Crippen LogP contribution in [0.3, 0.4) is 0 Å². The molecule has 0 aliphatic rings. The van der Waals surface area contributed by atoms with Gasteiger partial charge in [-0.3, -0.25) is 0 Å². The van der Waals surface area contributed by atoms with Gasteiger partial charge in [-0.1, -0.05) is 22.0 Å². The second kappa shape index (κ2) is 6.83.